The topological polar surface area (TPSA) is 41.5 Å². The Hall–Kier alpha value is 0.230. The third-order valence-corrected chi connectivity index (χ3v) is 4.58. The summed E-state index contributed by atoms with van der Waals surface area (Å²) in [5, 5.41) is 12.7. The van der Waals surface area contributed by atoms with Crippen molar-refractivity contribution >= 4 is 11.8 Å². The van der Waals surface area contributed by atoms with E-state index in [4.69, 9.17) is 4.74 Å². The summed E-state index contributed by atoms with van der Waals surface area (Å²) in [7, 11) is 0. The number of hydrogen-bond acceptors (Lipinski definition) is 4. The number of hydrogen-bond donors (Lipinski definition) is 2. The summed E-state index contributed by atoms with van der Waals surface area (Å²) in [6.45, 7) is 3.41. The maximum absolute atomic E-state index is 9.29. The van der Waals surface area contributed by atoms with Gasteiger partial charge in [0.15, 0.2) is 0 Å². The summed E-state index contributed by atoms with van der Waals surface area (Å²) in [5.74, 6) is 2.48. The van der Waals surface area contributed by atoms with Crippen LogP contribution in [0.25, 0.3) is 0 Å². The van der Waals surface area contributed by atoms with E-state index in [2.05, 4.69) is 5.32 Å². The number of thioether (sulfide) groups is 1. The summed E-state index contributed by atoms with van der Waals surface area (Å²) in [6, 6.07) is 0.534. The van der Waals surface area contributed by atoms with Gasteiger partial charge in [0.05, 0.1) is 11.7 Å². The van der Waals surface area contributed by atoms with E-state index in [1.54, 1.807) is 0 Å². The van der Waals surface area contributed by atoms with Gasteiger partial charge in [-0.05, 0) is 44.1 Å². The van der Waals surface area contributed by atoms with Gasteiger partial charge in [-0.1, -0.05) is 0 Å². The molecule has 0 amide bonds. The van der Waals surface area contributed by atoms with E-state index in [9.17, 15) is 5.11 Å². The standard InChI is InChI=1S/C12H23NO2S/c1-10(14)9-13-11-2-5-15-12(8-11)3-6-16-7-4-12/h10-11,13-14H,2-9H2,1H3. The smallest absolute Gasteiger partial charge is 0.0713 e. The van der Waals surface area contributed by atoms with Crippen molar-refractivity contribution in [3.05, 3.63) is 0 Å². The van der Waals surface area contributed by atoms with Crippen molar-refractivity contribution in [1.29, 1.82) is 0 Å². The van der Waals surface area contributed by atoms with Crippen molar-refractivity contribution in [3.63, 3.8) is 0 Å². The van der Waals surface area contributed by atoms with Crippen LogP contribution < -0.4 is 5.32 Å². The lowest BCUT2D eigenvalue weighted by Crippen LogP contribution is -2.49. The van der Waals surface area contributed by atoms with Gasteiger partial charge in [-0.15, -0.1) is 0 Å². The molecular formula is C12H23NO2S. The molecule has 94 valence electrons. The van der Waals surface area contributed by atoms with Crippen molar-refractivity contribution < 1.29 is 9.84 Å². The second-order valence-electron chi connectivity index (χ2n) is 5.09. The minimum Gasteiger partial charge on any atom is -0.392 e. The van der Waals surface area contributed by atoms with E-state index in [-0.39, 0.29) is 11.7 Å². The second kappa shape index (κ2) is 5.71. The van der Waals surface area contributed by atoms with Crippen molar-refractivity contribution in [3.8, 4) is 0 Å². The van der Waals surface area contributed by atoms with Crippen LogP contribution in [0.15, 0.2) is 0 Å². The zero-order valence-corrected chi connectivity index (χ0v) is 10.9. The molecule has 2 aliphatic rings. The molecule has 3 nitrogen and oxygen atoms in total. The molecule has 2 saturated heterocycles. The summed E-state index contributed by atoms with van der Waals surface area (Å²) in [4.78, 5) is 0. The van der Waals surface area contributed by atoms with Gasteiger partial charge in [0.25, 0.3) is 0 Å². The molecule has 0 aliphatic carbocycles. The molecule has 1 spiro atoms. The molecule has 2 fully saturated rings. The fourth-order valence-corrected chi connectivity index (χ4v) is 3.87. The van der Waals surface area contributed by atoms with E-state index in [1.165, 1.54) is 24.3 Å². The molecule has 16 heavy (non-hydrogen) atoms. The first-order valence-electron chi connectivity index (χ1n) is 6.33. The van der Waals surface area contributed by atoms with Gasteiger partial charge in [-0.25, -0.2) is 0 Å². The second-order valence-corrected chi connectivity index (χ2v) is 6.32. The number of ether oxygens (including phenoxy) is 1. The van der Waals surface area contributed by atoms with Crippen LogP contribution in [0.5, 0.6) is 0 Å². The number of rotatable bonds is 3. The molecule has 2 aliphatic heterocycles. The Bertz CT molecular complexity index is 212. The summed E-state index contributed by atoms with van der Waals surface area (Å²) < 4.78 is 6.03. The zero-order valence-electron chi connectivity index (χ0n) is 10.1. The summed E-state index contributed by atoms with van der Waals surface area (Å²) >= 11 is 2.04. The van der Waals surface area contributed by atoms with Crippen LogP contribution in [-0.2, 0) is 4.74 Å². The zero-order chi connectivity index (χ0) is 11.4. The molecular weight excluding hydrogens is 222 g/mol. The minimum atomic E-state index is -0.249. The Kier molecular flexibility index (Phi) is 4.53. The molecule has 4 heteroatoms. The lowest BCUT2D eigenvalue weighted by Gasteiger charge is -2.43. The summed E-state index contributed by atoms with van der Waals surface area (Å²) in [6.07, 6.45) is 4.36. The monoisotopic (exact) mass is 245 g/mol. The summed E-state index contributed by atoms with van der Waals surface area (Å²) in [5.41, 5.74) is 0.153. The average Bonchev–Trinajstić information content (AvgIpc) is 2.28. The highest BCUT2D eigenvalue weighted by molar-refractivity contribution is 7.99. The van der Waals surface area contributed by atoms with Crippen molar-refractivity contribution in [2.75, 3.05) is 24.7 Å². The molecule has 2 heterocycles. The van der Waals surface area contributed by atoms with Gasteiger partial charge in [0.2, 0.25) is 0 Å². The largest absolute Gasteiger partial charge is 0.392 e. The van der Waals surface area contributed by atoms with E-state index in [1.807, 2.05) is 18.7 Å². The molecule has 2 N–H and O–H groups in total. The third kappa shape index (κ3) is 3.36. The molecule has 0 radical (unpaired) electrons. The molecule has 0 bridgehead atoms. The van der Waals surface area contributed by atoms with Gasteiger partial charge in [0.1, 0.15) is 0 Å². The minimum absolute atomic E-state index is 0.153. The predicted octanol–water partition coefficient (Wildman–Crippen LogP) is 1.40. The highest BCUT2D eigenvalue weighted by Gasteiger charge is 2.38. The highest BCUT2D eigenvalue weighted by atomic mass is 32.2. The van der Waals surface area contributed by atoms with E-state index < -0.39 is 0 Å². The SMILES string of the molecule is CC(O)CNC1CCOC2(CCSCC2)C1. The number of nitrogens with one attached hydrogen (secondary N) is 1. The fourth-order valence-electron chi connectivity index (χ4n) is 2.63. The van der Waals surface area contributed by atoms with Gasteiger partial charge >= 0.3 is 0 Å². The average molecular weight is 245 g/mol. The Morgan fingerprint density at radius 1 is 1.50 bits per heavy atom. The lowest BCUT2D eigenvalue weighted by molar-refractivity contribution is -0.0937. The maximum Gasteiger partial charge on any atom is 0.0713 e. The Morgan fingerprint density at radius 3 is 2.94 bits per heavy atom. The van der Waals surface area contributed by atoms with Crippen LogP contribution in [0.4, 0.5) is 0 Å². The number of aliphatic hydroxyl groups excluding tert-OH is 1. The van der Waals surface area contributed by atoms with Gasteiger partial charge < -0.3 is 15.2 Å². The van der Waals surface area contributed by atoms with E-state index in [0.29, 0.717) is 12.6 Å². The van der Waals surface area contributed by atoms with E-state index >= 15 is 0 Å². The lowest BCUT2D eigenvalue weighted by atomic mass is 9.85. The predicted molar refractivity (Wildman–Crippen MR) is 67.9 cm³/mol. The Balaban J connectivity index is 1.83. The van der Waals surface area contributed by atoms with Crippen LogP contribution in [0.1, 0.15) is 32.6 Å². The van der Waals surface area contributed by atoms with E-state index in [0.717, 1.165) is 19.4 Å². The van der Waals surface area contributed by atoms with Crippen molar-refractivity contribution in [2.45, 2.75) is 50.4 Å². The van der Waals surface area contributed by atoms with Crippen LogP contribution in [0.2, 0.25) is 0 Å². The molecule has 0 aromatic carbocycles. The molecule has 0 saturated carbocycles. The normalized spacial score (nSPS) is 31.5. The van der Waals surface area contributed by atoms with Crippen LogP contribution in [-0.4, -0.2) is 47.5 Å². The van der Waals surface area contributed by atoms with Crippen molar-refractivity contribution in [1.82, 2.24) is 5.32 Å². The molecule has 2 rings (SSSR count). The third-order valence-electron chi connectivity index (χ3n) is 3.60. The van der Waals surface area contributed by atoms with Crippen LogP contribution >= 0.6 is 11.8 Å². The first-order valence-corrected chi connectivity index (χ1v) is 7.49. The van der Waals surface area contributed by atoms with Gasteiger partial charge in [0, 0.05) is 19.2 Å². The van der Waals surface area contributed by atoms with Crippen LogP contribution in [0.3, 0.4) is 0 Å². The van der Waals surface area contributed by atoms with Crippen LogP contribution in [0, 0.1) is 0 Å². The number of aliphatic hydroxyl groups is 1. The Morgan fingerprint density at radius 2 is 2.25 bits per heavy atom. The maximum atomic E-state index is 9.29. The van der Waals surface area contributed by atoms with Gasteiger partial charge in [-0.3, -0.25) is 0 Å². The first-order chi connectivity index (χ1) is 7.70. The Labute approximate surface area is 102 Å². The quantitative estimate of drug-likeness (QED) is 0.789. The molecule has 0 aromatic heterocycles. The highest BCUT2D eigenvalue weighted by Crippen LogP contribution is 2.37. The van der Waals surface area contributed by atoms with Crippen molar-refractivity contribution in [2.24, 2.45) is 0 Å². The molecule has 2 atom stereocenters. The fraction of sp³-hybridized carbons (Fsp3) is 1.00. The molecule has 2 unspecified atom stereocenters. The van der Waals surface area contributed by atoms with Gasteiger partial charge in [-0.2, -0.15) is 11.8 Å². The molecule has 0 aromatic rings. The first kappa shape index (κ1) is 12.7.